The molecule has 2 aliphatic rings. The number of carbonyl (C=O) groups is 3. The third-order valence-corrected chi connectivity index (χ3v) is 4.65. The number of nitrogens with two attached hydrogens (primary N) is 1. The van der Waals surface area contributed by atoms with Gasteiger partial charge in [-0.1, -0.05) is 18.2 Å². The van der Waals surface area contributed by atoms with Crippen LogP contribution in [0, 0.1) is 0 Å². The highest BCUT2D eigenvalue weighted by Gasteiger charge is 2.61. The maximum Gasteiger partial charge on any atom is 0.340 e. The van der Waals surface area contributed by atoms with Crippen LogP contribution in [0.2, 0.25) is 0 Å². The van der Waals surface area contributed by atoms with Crippen molar-refractivity contribution in [2.45, 2.75) is 12.3 Å². The number of amides is 1. The lowest BCUT2D eigenvalue weighted by molar-refractivity contribution is -0.143. The zero-order chi connectivity index (χ0) is 20.5. The zero-order valence-corrected chi connectivity index (χ0v) is 15.7. The standard InChI is InChI=1S/C19H20N2O7/c1-10-13(17(23)27-9-8-25-2)19(14(15(20)28-10)16(22)26-3)11-6-4-5-7-12(11)21-18(19)24/h4-7H,8-9,20H2,1-3H3,(H,21,24)/t19-/m1/s1. The van der Waals surface area contributed by atoms with Crippen molar-refractivity contribution >= 4 is 23.5 Å². The molecule has 28 heavy (non-hydrogen) atoms. The number of rotatable bonds is 5. The maximum atomic E-state index is 13.2. The van der Waals surface area contributed by atoms with Crippen molar-refractivity contribution in [3.05, 3.63) is 52.6 Å². The molecule has 1 amide bonds. The average Bonchev–Trinajstić information content (AvgIpc) is 2.94. The van der Waals surface area contributed by atoms with Crippen molar-refractivity contribution in [1.82, 2.24) is 0 Å². The fourth-order valence-electron chi connectivity index (χ4n) is 3.54. The van der Waals surface area contributed by atoms with Crippen LogP contribution in [0.15, 0.2) is 47.1 Å². The minimum Gasteiger partial charge on any atom is -0.465 e. The molecule has 3 rings (SSSR count). The minimum atomic E-state index is -1.85. The Morgan fingerprint density at radius 3 is 2.54 bits per heavy atom. The molecular formula is C19H20N2O7. The first-order valence-corrected chi connectivity index (χ1v) is 8.44. The molecule has 3 N–H and O–H groups in total. The van der Waals surface area contributed by atoms with E-state index in [9.17, 15) is 14.4 Å². The number of hydrogen-bond acceptors (Lipinski definition) is 8. The lowest BCUT2D eigenvalue weighted by Gasteiger charge is -2.35. The summed E-state index contributed by atoms with van der Waals surface area (Å²) in [6.07, 6.45) is 0. The van der Waals surface area contributed by atoms with Gasteiger partial charge in [-0.05, 0) is 13.0 Å². The Kier molecular flexibility index (Phi) is 5.10. The van der Waals surface area contributed by atoms with Crippen molar-refractivity contribution in [2.24, 2.45) is 5.73 Å². The quantitative estimate of drug-likeness (QED) is 0.558. The molecular weight excluding hydrogens is 368 g/mol. The zero-order valence-electron chi connectivity index (χ0n) is 15.7. The summed E-state index contributed by atoms with van der Waals surface area (Å²) in [5, 5.41) is 2.70. The van der Waals surface area contributed by atoms with E-state index >= 15 is 0 Å². The van der Waals surface area contributed by atoms with Crippen molar-refractivity contribution < 1.29 is 33.3 Å². The number of esters is 2. The second-order valence-electron chi connectivity index (χ2n) is 6.14. The average molecular weight is 388 g/mol. The van der Waals surface area contributed by atoms with Crippen molar-refractivity contribution in [2.75, 3.05) is 32.8 Å². The number of hydrogen-bond donors (Lipinski definition) is 2. The number of methoxy groups -OCH3 is 2. The molecule has 1 spiro atoms. The molecule has 1 aromatic carbocycles. The van der Waals surface area contributed by atoms with Crippen LogP contribution in [0.5, 0.6) is 0 Å². The second kappa shape index (κ2) is 7.35. The van der Waals surface area contributed by atoms with E-state index in [0.717, 1.165) is 7.11 Å². The minimum absolute atomic E-state index is 0.0434. The molecule has 2 heterocycles. The van der Waals surface area contributed by atoms with Crippen LogP contribution >= 0.6 is 0 Å². The number of fused-ring (bicyclic) bond motifs is 2. The molecule has 0 bridgehead atoms. The molecule has 9 nitrogen and oxygen atoms in total. The predicted octanol–water partition coefficient (Wildman–Crippen LogP) is 0.714. The molecule has 1 atom stereocenters. The van der Waals surface area contributed by atoms with Crippen molar-refractivity contribution in [3.63, 3.8) is 0 Å². The van der Waals surface area contributed by atoms with Gasteiger partial charge in [-0.3, -0.25) is 4.79 Å². The molecule has 0 aromatic heterocycles. The number of anilines is 1. The van der Waals surface area contributed by atoms with Gasteiger partial charge in [-0.25, -0.2) is 9.59 Å². The van der Waals surface area contributed by atoms with E-state index < -0.39 is 23.3 Å². The first-order valence-electron chi connectivity index (χ1n) is 8.44. The number of benzene rings is 1. The summed E-state index contributed by atoms with van der Waals surface area (Å²) in [7, 11) is 2.61. The van der Waals surface area contributed by atoms with Gasteiger partial charge in [-0.15, -0.1) is 0 Å². The Labute approximate surface area is 161 Å². The van der Waals surface area contributed by atoms with Gasteiger partial charge in [0.1, 0.15) is 28.9 Å². The highest BCUT2D eigenvalue weighted by atomic mass is 16.6. The van der Waals surface area contributed by atoms with E-state index in [1.54, 1.807) is 24.3 Å². The van der Waals surface area contributed by atoms with Gasteiger partial charge >= 0.3 is 11.9 Å². The maximum absolute atomic E-state index is 13.2. The molecule has 0 fully saturated rings. The summed E-state index contributed by atoms with van der Waals surface area (Å²) >= 11 is 0. The van der Waals surface area contributed by atoms with Gasteiger partial charge in [0, 0.05) is 18.4 Å². The number of allylic oxidation sites excluding steroid dienone is 1. The van der Waals surface area contributed by atoms with E-state index in [1.807, 2.05) is 0 Å². The second-order valence-corrected chi connectivity index (χ2v) is 6.14. The third kappa shape index (κ3) is 2.71. The Morgan fingerprint density at radius 2 is 1.86 bits per heavy atom. The van der Waals surface area contributed by atoms with Gasteiger partial charge < -0.3 is 30.0 Å². The largest absolute Gasteiger partial charge is 0.465 e. The first kappa shape index (κ1) is 19.4. The van der Waals surface area contributed by atoms with Gasteiger partial charge in [-0.2, -0.15) is 0 Å². The van der Waals surface area contributed by atoms with Crippen LogP contribution in [-0.4, -0.2) is 45.3 Å². The Balaban J connectivity index is 2.27. The highest BCUT2D eigenvalue weighted by molar-refractivity contribution is 6.21. The van der Waals surface area contributed by atoms with Gasteiger partial charge in [0.15, 0.2) is 0 Å². The number of ether oxygens (including phenoxy) is 4. The van der Waals surface area contributed by atoms with Gasteiger partial charge in [0.05, 0.1) is 13.7 Å². The molecule has 2 aliphatic heterocycles. The topological polar surface area (TPSA) is 126 Å². The van der Waals surface area contributed by atoms with Gasteiger partial charge in [0.25, 0.3) is 0 Å². The fourth-order valence-corrected chi connectivity index (χ4v) is 3.54. The SMILES string of the molecule is COCCOC(=O)C1=C(C)OC(N)=C(C(=O)OC)[C@]12C(=O)Nc1ccccc12. The van der Waals surface area contributed by atoms with Crippen molar-refractivity contribution in [3.8, 4) is 0 Å². The highest BCUT2D eigenvalue weighted by Crippen LogP contribution is 2.52. The molecule has 9 heteroatoms. The summed E-state index contributed by atoms with van der Waals surface area (Å²) in [5.41, 5.74) is 4.54. The van der Waals surface area contributed by atoms with Crippen LogP contribution in [-0.2, 0) is 38.7 Å². The Bertz CT molecular complexity index is 919. The summed E-state index contributed by atoms with van der Waals surface area (Å²) in [5.74, 6) is -2.60. The van der Waals surface area contributed by atoms with Crippen LogP contribution < -0.4 is 11.1 Å². The Morgan fingerprint density at radius 1 is 1.14 bits per heavy atom. The predicted molar refractivity (Wildman–Crippen MR) is 96.6 cm³/mol. The normalized spacial score (nSPS) is 20.6. The van der Waals surface area contributed by atoms with E-state index in [2.05, 4.69) is 5.32 Å². The lowest BCUT2D eigenvalue weighted by Crippen LogP contribution is -2.48. The molecule has 0 saturated carbocycles. The van der Waals surface area contributed by atoms with Crippen molar-refractivity contribution in [1.29, 1.82) is 0 Å². The van der Waals surface area contributed by atoms with Crippen LogP contribution in [0.25, 0.3) is 0 Å². The van der Waals surface area contributed by atoms with E-state index in [0.29, 0.717) is 11.3 Å². The lowest BCUT2D eigenvalue weighted by atomic mass is 9.67. The molecule has 0 saturated heterocycles. The molecule has 0 radical (unpaired) electrons. The number of nitrogens with one attached hydrogen (secondary N) is 1. The smallest absolute Gasteiger partial charge is 0.340 e. The fraction of sp³-hybridized carbons (Fsp3) is 0.316. The van der Waals surface area contributed by atoms with E-state index in [1.165, 1.54) is 14.0 Å². The number of para-hydroxylation sites is 1. The first-order chi connectivity index (χ1) is 13.4. The van der Waals surface area contributed by atoms with E-state index in [4.69, 9.17) is 24.7 Å². The summed E-state index contributed by atoms with van der Waals surface area (Å²) in [6, 6.07) is 6.69. The summed E-state index contributed by atoms with van der Waals surface area (Å²) < 4.78 is 20.4. The van der Waals surface area contributed by atoms with Gasteiger partial charge in [0.2, 0.25) is 11.8 Å². The molecule has 148 valence electrons. The van der Waals surface area contributed by atoms with Crippen LogP contribution in [0.3, 0.4) is 0 Å². The van der Waals surface area contributed by atoms with Crippen LogP contribution in [0.4, 0.5) is 5.69 Å². The summed E-state index contributed by atoms with van der Waals surface area (Å²) in [4.78, 5) is 38.8. The monoisotopic (exact) mass is 388 g/mol. The Hall–Kier alpha value is -3.33. The molecule has 0 aliphatic carbocycles. The summed E-state index contributed by atoms with van der Waals surface area (Å²) in [6.45, 7) is 1.60. The third-order valence-electron chi connectivity index (χ3n) is 4.65. The molecule has 1 aromatic rings. The molecule has 0 unspecified atom stereocenters. The number of carbonyl (C=O) groups excluding carboxylic acids is 3. The van der Waals surface area contributed by atoms with Crippen LogP contribution in [0.1, 0.15) is 12.5 Å². The van der Waals surface area contributed by atoms with E-state index in [-0.39, 0.29) is 36.0 Å².